The van der Waals surface area contributed by atoms with Crippen molar-refractivity contribution in [2.45, 2.75) is 38.8 Å². The van der Waals surface area contributed by atoms with E-state index >= 15 is 0 Å². The summed E-state index contributed by atoms with van der Waals surface area (Å²) in [7, 11) is 0. The van der Waals surface area contributed by atoms with Crippen molar-refractivity contribution < 1.29 is 15.0 Å². The van der Waals surface area contributed by atoms with Crippen molar-refractivity contribution in [3.8, 4) is 11.3 Å². The molecule has 0 aliphatic rings. The first-order valence-electron chi connectivity index (χ1n) is 6.80. The second-order valence-corrected chi connectivity index (χ2v) is 4.92. The first kappa shape index (κ1) is 15.1. The van der Waals surface area contributed by atoms with Gasteiger partial charge in [0, 0.05) is 18.0 Å². The first-order chi connectivity index (χ1) is 10.0. The van der Waals surface area contributed by atoms with E-state index in [0.717, 1.165) is 0 Å². The van der Waals surface area contributed by atoms with Crippen LogP contribution in [0.15, 0.2) is 24.5 Å². The Morgan fingerprint density at radius 3 is 2.43 bits per heavy atom. The van der Waals surface area contributed by atoms with Crippen molar-refractivity contribution in [1.82, 2.24) is 20.0 Å². The Labute approximate surface area is 122 Å². The van der Waals surface area contributed by atoms with Crippen molar-refractivity contribution in [2.24, 2.45) is 0 Å². The Bertz CT molecular complexity index is 620. The maximum Gasteiger partial charge on any atom is 0.358 e. The topological polar surface area (TPSA) is 101 Å². The highest BCUT2D eigenvalue weighted by Crippen LogP contribution is 2.25. The van der Waals surface area contributed by atoms with Gasteiger partial charge in [-0.25, -0.2) is 9.48 Å². The molecule has 0 amide bonds. The van der Waals surface area contributed by atoms with Crippen LogP contribution in [0.3, 0.4) is 0 Å². The molecule has 0 saturated heterocycles. The molecule has 2 N–H and O–H groups in total. The fourth-order valence-electron chi connectivity index (χ4n) is 2.12. The molecule has 0 unspecified atom stereocenters. The van der Waals surface area contributed by atoms with Crippen LogP contribution < -0.4 is 0 Å². The van der Waals surface area contributed by atoms with Crippen molar-refractivity contribution in [3.05, 3.63) is 30.2 Å². The fourth-order valence-corrected chi connectivity index (χ4v) is 2.12. The molecule has 0 atom stereocenters. The number of hydrogen-bond acceptors (Lipinski definition) is 5. The van der Waals surface area contributed by atoms with E-state index < -0.39 is 11.6 Å². The number of rotatable bonds is 6. The third kappa shape index (κ3) is 3.08. The van der Waals surface area contributed by atoms with Gasteiger partial charge in [0.1, 0.15) is 5.69 Å². The van der Waals surface area contributed by atoms with Crippen LogP contribution in [0.2, 0.25) is 0 Å². The van der Waals surface area contributed by atoms with E-state index in [0.29, 0.717) is 24.1 Å². The number of carbonyl (C=O) groups is 1. The molecule has 7 heteroatoms. The number of aliphatic hydroxyl groups is 1. The predicted molar refractivity (Wildman–Crippen MR) is 75.7 cm³/mol. The van der Waals surface area contributed by atoms with Crippen molar-refractivity contribution in [1.29, 1.82) is 0 Å². The van der Waals surface area contributed by atoms with E-state index in [-0.39, 0.29) is 12.2 Å². The summed E-state index contributed by atoms with van der Waals surface area (Å²) in [6.07, 6.45) is 4.23. The quantitative estimate of drug-likeness (QED) is 0.837. The predicted octanol–water partition coefficient (Wildman–Crippen LogP) is 1.59. The van der Waals surface area contributed by atoms with Crippen LogP contribution in [-0.4, -0.2) is 41.8 Å². The molecular weight excluding hydrogens is 272 g/mol. The lowest BCUT2D eigenvalue weighted by Crippen LogP contribution is -2.33. The molecule has 0 aromatic carbocycles. The summed E-state index contributed by atoms with van der Waals surface area (Å²) in [6.45, 7) is 3.95. The molecule has 0 bridgehead atoms. The third-order valence-electron chi connectivity index (χ3n) is 3.65. The molecule has 0 aliphatic heterocycles. The summed E-state index contributed by atoms with van der Waals surface area (Å²) < 4.78 is 1.45. The van der Waals surface area contributed by atoms with Crippen molar-refractivity contribution >= 4 is 5.97 Å². The summed E-state index contributed by atoms with van der Waals surface area (Å²) >= 11 is 0. The van der Waals surface area contributed by atoms with Crippen LogP contribution in [0.1, 0.15) is 37.2 Å². The summed E-state index contributed by atoms with van der Waals surface area (Å²) in [4.78, 5) is 15.2. The second kappa shape index (κ2) is 6.01. The van der Waals surface area contributed by atoms with Gasteiger partial charge < -0.3 is 10.2 Å². The first-order valence-corrected chi connectivity index (χ1v) is 6.80. The number of aromatic nitrogens is 4. The zero-order valence-electron chi connectivity index (χ0n) is 12.0. The van der Waals surface area contributed by atoms with Gasteiger partial charge in [-0.2, -0.15) is 0 Å². The molecule has 7 nitrogen and oxygen atoms in total. The Morgan fingerprint density at radius 2 is 1.90 bits per heavy atom. The van der Waals surface area contributed by atoms with Crippen LogP contribution in [0, 0.1) is 0 Å². The lowest BCUT2D eigenvalue weighted by atomic mass is 9.97. The average molecular weight is 290 g/mol. The molecule has 0 fully saturated rings. The normalized spacial score (nSPS) is 11.6. The number of nitrogens with zero attached hydrogens (tertiary/aromatic N) is 4. The maximum absolute atomic E-state index is 11.3. The van der Waals surface area contributed by atoms with Crippen LogP contribution in [-0.2, 0) is 6.54 Å². The summed E-state index contributed by atoms with van der Waals surface area (Å²) in [5, 5.41) is 27.3. The van der Waals surface area contributed by atoms with E-state index in [1.165, 1.54) is 4.68 Å². The highest BCUT2D eigenvalue weighted by atomic mass is 16.4. The van der Waals surface area contributed by atoms with Crippen molar-refractivity contribution in [3.63, 3.8) is 0 Å². The third-order valence-corrected chi connectivity index (χ3v) is 3.65. The van der Waals surface area contributed by atoms with Crippen LogP contribution >= 0.6 is 0 Å². The van der Waals surface area contributed by atoms with E-state index in [2.05, 4.69) is 15.3 Å². The number of carboxylic acid groups (broad SMARTS) is 1. The standard InChI is InChI=1S/C14H18N4O3/c1-3-14(21,4-2)9-18-12(10-5-7-15-8-6-10)11(13(19)20)16-17-18/h5-8,21H,3-4,9H2,1-2H3,(H,19,20). The zero-order valence-corrected chi connectivity index (χ0v) is 12.0. The summed E-state index contributed by atoms with van der Waals surface area (Å²) in [6, 6.07) is 3.39. The van der Waals surface area contributed by atoms with Crippen LogP contribution in [0.5, 0.6) is 0 Å². The van der Waals surface area contributed by atoms with E-state index in [9.17, 15) is 15.0 Å². The second-order valence-electron chi connectivity index (χ2n) is 4.92. The molecule has 2 rings (SSSR count). The minimum Gasteiger partial charge on any atom is -0.476 e. The zero-order chi connectivity index (χ0) is 15.5. The van der Waals surface area contributed by atoms with E-state index in [4.69, 9.17) is 0 Å². The Hall–Kier alpha value is -2.28. The SMILES string of the molecule is CCC(O)(CC)Cn1nnc(C(=O)O)c1-c1ccncc1. The van der Waals surface area contributed by atoms with E-state index in [1.807, 2.05) is 13.8 Å². The molecule has 2 aromatic rings. The average Bonchev–Trinajstić information content (AvgIpc) is 2.91. The van der Waals surface area contributed by atoms with Gasteiger partial charge in [0.05, 0.1) is 12.1 Å². The lowest BCUT2D eigenvalue weighted by Gasteiger charge is -2.25. The lowest BCUT2D eigenvalue weighted by molar-refractivity contribution is 0.0118. The van der Waals surface area contributed by atoms with Crippen molar-refractivity contribution in [2.75, 3.05) is 0 Å². The molecule has 112 valence electrons. The molecule has 2 aromatic heterocycles. The Kier molecular flexibility index (Phi) is 4.32. The largest absolute Gasteiger partial charge is 0.476 e. The fraction of sp³-hybridized carbons (Fsp3) is 0.429. The van der Waals surface area contributed by atoms with Gasteiger partial charge in [0.2, 0.25) is 0 Å². The molecular formula is C14H18N4O3. The molecule has 0 saturated carbocycles. The smallest absolute Gasteiger partial charge is 0.358 e. The van der Waals surface area contributed by atoms with Gasteiger partial charge in [0.25, 0.3) is 0 Å². The number of pyridine rings is 1. The van der Waals surface area contributed by atoms with E-state index in [1.54, 1.807) is 24.5 Å². The van der Waals surface area contributed by atoms with Gasteiger partial charge in [-0.15, -0.1) is 5.10 Å². The number of hydrogen-bond donors (Lipinski definition) is 2. The van der Waals surface area contributed by atoms with Gasteiger partial charge in [-0.05, 0) is 25.0 Å². The molecule has 21 heavy (non-hydrogen) atoms. The highest BCUT2D eigenvalue weighted by Gasteiger charge is 2.28. The highest BCUT2D eigenvalue weighted by molar-refractivity contribution is 5.92. The molecule has 2 heterocycles. The number of carboxylic acids is 1. The molecule has 0 radical (unpaired) electrons. The molecule has 0 aliphatic carbocycles. The number of aromatic carboxylic acids is 1. The van der Waals surface area contributed by atoms with Gasteiger partial charge in [-0.1, -0.05) is 19.1 Å². The maximum atomic E-state index is 11.3. The summed E-state index contributed by atoms with van der Waals surface area (Å²) in [5.41, 5.74) is -0.0337. The van der Waals surface area contributed by atoms with Gasteiger partial charge in [0.15, 0.2) is 5.69 Å². The van der Waals surface area contributed by atoms with Crippen LogP contribution in [0.4, 0.5) is 0 Å². The molecule has 0 spiro atoms. The van der Waals surface area contributed by atoms with Gasteiger partial charge >= 0.3 is 5.97 Å². The summed E-state index contributed by atoms with van der Waals surface area (Å²) in [5.74, 6) is -1.15. The van der Waals surface area contributed by atoms with Gasteiger partial charge in [-0.3, -0.25) is 4.98 Å². The van der Waals surface area contributed by atoms with Crippen LogP contribution in [0.25, 0.3) is 11.3 Å². The Morgan fingerprint density at radius 1 is 1.29 bits per heavy atom. The minimum atomic E-state index is -1.15. The monoisotopic (exact) mass is 290 g/mol. The minimum absolute atomic E-state index is 0.129. The Balaban J connectivity index is 2.51.